The van der Waals surface area contributed by atoms with E-state index in [1.807, 2.05) is 6.92 Å². The Labute approximate surface area is 114 Å². The molecular weight excluding hydrogens is 251 g/mol. The van der Waals surface area contributed by atoms with Crippen LogP contribution >= 0.6 is 11.6 Å². The van der Waals surface area contributed by atoms with Crippen molar-refractivity contribution in [2.24, 2.45) is 23.7 Å². The first-order valence-corrected chi connectivity index (χ1v) is 7.76. The van der Waals surface area contributed by atoms with Gasteiger partial charge >= 0.3 is 0 Å². The van der Waals surface area contributed by atoms with Crippen LogP contribution in [0.2, 0.25) is 0 Å². The lowest BCUT2D eigenvalue weighted by Crippen LogP contribution is -2.42. The van der Waals surface area contributed by atoms with Crippen molar-refractivity contribution < 1.29 is 9.18 Å². The molecule has 104 valence electrons. The first-order valence-electron chi connectivity index (χ1n) is 7.32. The number of Topliss-reactive ketones (excluding diaryl/α,β-unsaturated/α-hetero) is 1. The Hall–Kier alpha value is -0.110. The summed E-state index contributed by atoms with van der Waals surface area (Å²) in [5.74, 6) is 0.893. The molecule has 18 heavy (non-hydrogen) atoms. The van der Waals surface area contributed by atoms with Crippen molar-refractivity contribution >= 4 is 17.4 Å². The van der Waals surface area contributed by atoms with Gasteiger partial charge in [0.2, 0.25) is 0 Å². The van der Waals surface area contributed by atoms with Crippen LogP contribution in [-0.4, -0.2) is 17.3 Å². The number of rotatable bonds is 2. The first kappa shape index (κ1) is 14.3. The maximum Gasteiger partial charge on any atom is 0.140 e. The second kappa shape index (κ2) is 5.90. The molecule has 0 aromatic carbocycles. The third-order valence-electron chi connectivity index (χ3n) is 4.95. The van der Waals surface area contributed by atoms with E-state index in [-0.39, 0.29) is 23.5 Å². The van der Waals surface area contributed by atoms with E-state index in [0.717, 1.165) is 44.4 Å². The molecule has 0 aliphatic heterocycles. The molecule has 2 saturated carbocycles. The quantitative estimate of drug-likeness (QED) is 0.683. The number of carbonyl (C=O) groups is 1. The molecule has 0 aromatic heterocycles. The van der Waals surface area contributed by atoms with Crippen molar-refractivity contribution in [2.45, 2.75) is 63.9 Å². The molecule has 1 nitrogen and oxygen atoms in total. The maximum absolute atomic E-state index is 13.9. The molecule has 0 bridgehead atoms. The van der Waals surface area contributed by atoms with Gasteiger partial charge in [-0.25, -0.2) is 4.39 Å². The van der Waals surface area contributed by atoms with Gasteiger partial charge in [-0.1, -0.05) is 26.7 Å². The summed E-state index contributed by atoms with van der Waals surface area (Å²) in [4.78, 5) is 12.5. The average molecular weight is 275 g/mol. The Morgan fingerprint density at radius 2 is 1.67 bits per heavy atom. The molecule has 2 aliphatic carbocycles. The molecule has 2 aliphatic rings. The standard InChI is InChI=1S/C15H24ClFO/c1-9-3-6-11(7-4-9)15(18)12-8-5-10(2)14(17)13(12)16/h9-14H,3-8H2,1-2H3. The number of alkyl halides is 2. The molecule has 0 saturated heterocycles. The van der Waals surface area contributed by atoms with Crippen LogP contribution in [0.1, 0.15) is 52.4 Å². The minimum atomic E-state index is -1.02. The van der Waals surface area contributed by atoms with E-state index in [9.17, 15) is 9.18 Å². The summed E-state index contributed by atoms with van der Waals surface area (Å²) >= 11 is 6.17. The summed E-state index contributed by atoms with van der Waals surface area (Å²) in [5.41, 5.74) is 0. The van der Waals surface area contributed by atoms with Crippen LogP contribution in [0.25, 0.3) is 0 Å². The molecule has 0 radical (unpaired) electrons. The third kappa shape index (κ3) is 2.89. The SMILES string of the molecule is CC1CCC(C(=O)C2CCC(C)C(F)C2Cl)CC1. The van der Waals surface area contributed by atoms with E-state index in [0.29, 0.717) is 0 Å². The zero-order chi connectivity index (χ0) is 13.3. The highest BCUT2D eigenvalue weighted by Gasteiger charge is 2.42. The lowest BCUT2D eigenvalue weighted by Gasteiger charge is -2.36. The van der Waals surface area contributed by atoms with E-state index < -0.39 is 11.5 Å². The molecule has 0 aromatic rings. The monoisotopic (exact) mass is 274 g/mol. The molecule has 2 rings (SSSR count). The number of halogens is 2. The Morgan fingerprint density at radius 3 is 2.28 bits per heavy atom. The van der Waals surface area contributed by atoms with Gasteiger partial charge in [0.15, 0.2) is 0 Å². The van der Waals surface area contributed by atoms with Gasteiger partial charge in [0, 0.05) is 11.8 Å². The van der Waals surface area contributed by atoms with Gasteiger partial charge in [0.05, 0.1) is 5.38 Å². The molecule has 0 amide bonds. The normalized spacial score (nSPS) is 45.8. The van der Waals surface area contributed by atoms with Crippen LogP contribution in [0.4, 0.5) is 4.39 Å². The molecule has 0 N–H and O–H groups in total. The highest BCUT2D eigenvalue weighted by Crippen LogP contribution is 2.39. The van der Waals surface area contributed by atoms with Crippen molar-refractivity contribution in [1.29, 1.82) is 0 Å². The topological polar surface area (TPSA) is 17.1 Å². The molecule has 0 heterocycles. The molecule has 3 heteroatoms. The van der Waals surface area contributed by atoms with Gasteiger partial charge in [0.1, 0.15) is 12.0 Å². The second-order valence-electron chi connectivity index (χ2n) is 6.41. The minimum Gasteiger partial charge on any atom is -0.299 e. The smallest absolute Gasteiger partial charge is 0.140 e. The van der Waals surface area contributed by atoms with E-state index in [1.165, 1.54) is 0 Å². The van der Waals surface area contributed by atoms with Gasteiger partial charge in [-0.05, 0) is 37.5 Å². The van der Waals surface area contributed by atoms with E-state index in [4.69, 9.17) is 11.6 Å². The van der Waals surface area contributed by atoms with Crippen molar-refractivity contribution in [3.8, 4) is 0 Å². The molecule has 4 atom stereocenters. The molecule has 4 unspecified atom stereocenters. The van der Waals surface area contributed by atoms with Crippen molar-refractivity contribution in [3.63, 3.8) is 0 Å². The van der Waals surface area contributed by atoms with Crippen LogP contribution in [0.3, 0.4) is 0 Å². The van der Waals surface area contributed by atoms with Gasteiger partial charge in [-0.2, -0.15) is 0 Å². The number of carbonyl (C=O) groups excluding carboxylic acids is 1. The van der Waals surface area contributed by atoms with Gasteiger partial charge < -0.3 is 0 Å². The van der Waals surface area contributed by atoms with E-state index in [1.54, 1.807) is 0 Å². The van der Waals surface area contributed by atoms with E-state index in [2.05, 4.69) is 6.92 Å². The van der Waals surface area contributed by atoms with Gasteiger partial charge in [-0.3, -0.25) is 4.79 Å². The highest BCUT2D eigenvalue weighted by molar-refractivity contribution is 6.22. The maximum atomic E-state index is 13.9. The van der Waals surface area contributed by atoms with Crippen LogP contribution in [0.15, 0.2) is 0 Å². The summed E-state index contributed by atoms with van der Waals surface area (Å²) in [6.07, 6.45) is 4.78. The second-order valence-corrected chi connectivity index (χ2v) is 6.91. The summed E-state index contributed by atoms with van der Waals surface area (Å²) in [5, 5.41) is -0.597. The van der Waals surface area contributed by atoms with Gasteiger partial charge in [0.25, 0.3) is 0 Å². The van der Waals surface area contributed by atoms with Crippen LogP contribution in [0.5, 0.6) is 0 Å². The van der Waals surface area contributed by atoms with Crippen LogP contribution in [-0.2, 0) is 4.79 Å². The number of hydrogen-bond donors (Lipinski definition) is 0. The summed E-state index contributed by atoms with van der Waals surface area (Å²) < 4.78 is 13.9. The fourth-order valence-electron chi connectivity index (χ4n) is 3.44. The van der Waals surface area contributed by atoms with E-state index >= 15 is 0 Å². The summed E-state index contributed by atoms with van der Waals surface area (Å²) in [7, 11) is 0. The van der Waals surface area contributed by atoms with Crippen LogP contribution < -0.4 is 0 Å². The Morgan fingerprint density at radius 1 is 1.06 bits per heavy atom. The summed E-state index contributed by atoms with van der Waals surface area (Å²) in [6, 6.07) is 0. The summed E-state index contributed by atoms with van der Waals surface area (Å²) in [6.45, 7) is 4.13. The fourth-order valence-corrected chi connectivity index (χ4v) is 3.94. The minimum absolute atomic E-state index is 0.00271. The zero-order valence-electron chi connectivity index (χ0n) is 11.4. The predicted octanol–water partition coefficient (Wildman–Crippen LogP) is 4.37. The van der Waals surface area contributed by atoms with Gasteiger partial charge in [-0.15, -0.1) is 11.6 Å². The largest absolute Gasteiger partial charge is 0.299 e. The number of hydrogen-bond acceptors (Lipinski definition) is 1. The first-order chi connectivity index (χ1) is 8.50. The predicted molar refractivity (Wildman–Crippen MR) is 72.6 cm³/mol. The molecule has 2 fully saturated rings. The third-order valence-corrected chi connectivity index (χ3v) is 5.49. The Bertz CT molecular complexity index is 299. The zero-order valence-corrected chi connectivity index (χ0v) is 12.1. The lowest BCUT2D eigenvalue weighted by molar-refractivity contribution is -0.129. The fraction of sp³-hybridized carbons (Fsp3) is 0.933. The average Bonchev–Trinajstić information content (AvgIpc) is 2.36. The van der Waals surface area contributed by atoms with Crippen molar-refractivity contribution in [2.75, 3.05) is 0 Å². The Balaban J connectivity index is 1.96. The molecule has 0 spiro atoms. The lowest BCUT2D eigenvalue weighted by atomic mass is 9.72. The van der Waals surface area contributed by atoms with Crippen molar-refractivity contribution in [3.05, 3.63) is 0 Å². The highest BCUT2D eigenvalue weighted by atomic mass is 35.5. The molecular formula is C15H24ClFO. The Kier molecular flexibility index (Phi) is 4.69. The van der Waals surface area contributed by atoms with Crippen LogP contribution in [0, 0.1) is 23.7 Å². The number of ketones is 1. The van der Waals surface area contributed by atoms with Crippen molar-refractivity contribution in [1.82, 2.24) is 0 Å².